The molecule has 0 unspecified atom stereocenters. The molecule has 2 aromatic heterocycles. The number of aliphatic hydroxyl groups is 1. The topological polar surface area (TPSA) is 178 Å². The van der Waals surface area contributed by atoms with Gasteiger partial charge in [0, 0.05) is 43.0 Å². The number of carbonyl (C=O) groups excluding carboxylic acids is 3. The van der Waals surface area contributed by atoms with Crippen LogP contribution in [0.5, 0.6) is 0 Å². The number of Topliss-reactive ketones (excluding diaryl/α,β-unsaturated/α-hetero) is 1. The molecule has 4 atom stereocenters. The number of nitrogens with zero attached hydrogens (tertiary/aromatic N) is 4. The average molecular weight is 589 g/mol. The number of ether oxygens (including phenoxy) is 1. The predicted octanol–water partition coefficient (Wildman–Crippen LogP) is 2.22. The first-order valence-electron chi connectivity index (χ1n) is 12.1. The summed E-state index contributed by atoms with van der Waals surface area (Å²) in [4.78, 5) is 55.1. The van der Waals surface area contributed by atoms with Crippen molar-refractivity contribution < 1.29 is 37.6 Å². The lowest BCUT2D eigenvalue weighted by Gasteiger charge is -2.46. The lowest BCUT2D eigenvalue weighted by atomic mass is 9.77. The number of nitro benzene ring substituents is 1. The summed E-state index contributed by atoms with van der Waals surface area (Å²) in [5.41, 5.74) is 0.743. The summed E-state index contributed by atoms with van der Waals surface area (Å²) < 4.78 is 31.7. The number of ketones is 1. The van der Waals surface area contributed by atoms with Crippen molar-refractivity contribution in [2.45, 2.75) is 44.5 Å². The van der Waals surface area contributed by atoms with E-state index in [1.54, 1.807) is 6.92 Å². The fourth-order valence-electron chi connectivity index (χ4n) is 5.29. The highest BCUT2D eigenvalue weighted by molar-refractivity contribution is 7.91. The van der Waals surface area contributed by atoms with Crippen LogP contribution in [0.4, 0.5) is 5.69 Å². The molecular weight excluding hydrogens is 564 g/mol. The van der Waals surface area contributed by atoms with Crippen molar-refractivity contribution in [3.8, 4) is 0 Å². The molecule has 1 N–H and O–H groups in total. The Labute approximate surface area is 231 Å². The van der Waals surface area contributed by atoms with Crippen LogP contribution in [-0.2, 0) is 30.8 Å². The number of fused-ring (bicyclic) bond motifs is 2. The van der Waals surface area contributed by atoms with E-state index in [2.05, 4.69) is 4.98 Å². The molecule has 2 aliphatic rings. The summed E-state index contributed by atoms with van der Waals surface area (Å²) in [6.45, 7) is 4.32. The Bertz CT molecular complexity index is 1730. The molecule has 13 nitrogen and oxygen atoms in total. The van der Waals surface area contributed by atoms with Gasteiger partial charge in [-0.2, -0.15) is 0 Å². The van der Waals surface area contributed by atoms with Gasteiger partial charge in [-0.25, -0.2) is 18.2 Å². The van der Waals surface area contributed by atoms with E-state index in [4.69, 9.17) is 4.74 Å². The Morgan fingerprint density at radius 1 is 1.27 bits per heavy atom. The number of esters is 1. The number of carbonyl (C=O) groups is 3. The zero-order valence-electron chi connectivity index (χ0n) is 21.7. The first-order valence-corrected chi connectivity index (χ1v) is 14.8. The maximum Gasteiger partial charge on any atom is 0.355 e. The van der Waals surface area contributed by atoms with Crippen molar-refractivity contribution in [3.63, 3.8) is 0 Å². The average Bonchev–Trinajstić information content (AvgIpc) is 3.50. The van der Waals surface area contributed by atoms with Crippen LogP contribution >= 0.6 is 11.3 Å². The maximum absolute atomic E-state index is 13.5. The smallest absolute Gasteiger partial charge is 0.355 e. The van der Waals surface area contributed by atoms with Crippen molar-refractivity contribution in [3.05, 3.63) is 62.5 Å². The van der Waals surface area contributed by atoms with Crippen LogP contribution in [0.1, 0.15) is 41.8 Å². The molecule has 4 heterocycles. The van der Waals surface area contributed by atoms with Crippen LogP contribution in [0.25, 0.3) is 10.4 Å². The summed E-state index contributed by atoms with van der Waals surface area (Å²) >= 11 is 1.01. The highest BCUT2D eigenvalue weighted by Gasteiger charge is 2.60. The van der Waals surface area contributed by atoms with Crippen molar-refractivity contribution in [2.75, 3.05) is 6.26 Å². The highest BCUT2D eigenvalue weighted by Crippen LogP contribution is 2.52. The summed E-state index contributed by atoms with van der Waals surface area (Å²) in [5, 5.41) is 20.9. The van der Waals surface area contributed by atoms with E-state index in [1.165, 1.54) is 53.6 Å². The van der Waals surface area contributed by atoms with E-state index in [-0.39, 0.29) is 33.7 Å². The predicted molar refractivity (Wildman–Crippen MR) is 141 cm³/mol. The molecule has 40 heavy (non-hydrogen) atoms. The Morgan fingerprint density at radius 2 is 1.93 bits per heavy atom. The summed E-state index contributed by atoms with van der Waals surface area (Å²) in [6.07, 6.45) is 1.52. The number of imidazole rings is 1. The number of sulfone groups is 1. The minimum atomic E-state index is -3.80. The molecule has 210 valence electrons. The van der Waals surface area contributed by atoms with E-state index in [0.717, 1.165) is 17.6 Å². The molecule has 1 aromatic carbocycles. The lowest BCUT2D eigenvalue weighted by Crippen LogP contribution is -2.63. The standard InChI is InChI=1S/C25H24N4O9S2/c1-11-17(16-9-27-21(13(3)31)26-22(24(27)39-16)40(4,36)37)20(28-19(11)18(12(2)30)23(28)32)25(33)38-10-14-5-7-15(8-6-14)29(34)35/h5-9,11-12,18-19,30H,10H2,1-4H3/t11-,12+,18+,19+/m0/s1. The Balaban J connectivity index is 1.59. The fourth-order valence-corrected chi connectivity index (χ4v) is 7.66. The van der Waals surface area contributed by atoms with Crippen molar-refractivity contribution in [1.29, 1.82) is 0 Å². The SMILES string of the molecule is CC(=O)c1nc(S(C)(=O)=O)c2sc(C3=C(C(=O)OCc4ccc([N+](=O)[O-])cc4)N4C(=O)[C@H]([C@@H](C)O)[C@H]4[C@H]3C)cn12. The van der Waals surface area contributed by atoms with Crippen LogP contribution in [0.3, 0.4) is 0 Å². The second kappa shape index (κ2) is 9.60. The van der Waals surface area contributed by atoms with Gasteiger partial charge in [0.2, 0.25) is 5.91 Å². The number of amides is 1. The molecule has 5 rings (SSSR count). The number of thiazole rings is 1. The first-order chi connectivity index (χ1) is 18.7. The Morgan fingerprint density at radius 3 is 2.48 bits per heavy atom. The van der Waals surface area contributed by atoms with Gasteiger partial charge in [-0.05, 0) is 24.6 Å². The van der Waals surface area contributed by atoms with Crippen molar-refractivity contribution in [1.82, 2.24) is 14.3 Å². The van der Waals surface area contributed by atoms with Crippen LogP contribution in [0, 0.1) is 22.0 Å². The molecular formula is C25H24N4O9S2. The van der Waals surface area contributed by atoms with E-state index in [1.807, 2.05) is 0 Å². The van der Waals surface area contributed by atoms with Gasteiger partial charge in [0.1, 0.15) is 17.1 Å². The van der Waals surface area contributed by atoms with Gasteiger partial charge in [-0.3, -0.25) is 24.1 Å². The summed E-state index contributed by atoms with van der Waals surface area (Å²) in [5.74, 6) is -3.03. The molecule has 15 heteroatoms. The molecule has 1 saturated heterocycles. The second-order valence-electron chi connectivity index (χ2n) is 9.86. The number of hydrogen-bond acceptors (Lipinski definition) is 11. The number of non-ortho nitro benzene ring substituents is 1. The third kappa shape index (κ3) is 4.30. The lowest BCUT2D eigenvalue weighted by molar-refractivity contribution is -0.384. The number of nitro groups is 1. The third-order valence-corrected chi connectivity index (χ3v) is 9.35. The quantitative estimate of drug-likeness (QED) is 0.135. The van der Waals surface area contributed by atoms with Gasteiger partial charge in [0.05, 0.1) is 27.9 Å². The number of aromatic nitrogens is 2. The molecule has 0 spiro atoms. The fraction of sp³-hybridized carbons (Fsp3) is 0.360. The summed E-state index contributed by atoms with van der Waals surface area (Å²) in [7, 11) is -3.80. The largest absolute Gasteiger partial charge is 0.456 e. The molecule has 1 amide bonds. The molecule has 0 saturated carbocycles. The third-order valence-electron chi connectivity index (χ3n) is 7.10. The van der Waals surface area contributed by atoms with Crippen LogP contribution < -0.4 is 0 Å². The van der Waals surface area contributed by atoms with Gasteiger partial charge in [-0.1, -0.05) is 6.92 Å². The number of rotatable bonds is 8. The first kappa shape index (κ1) is 27.6. The van der Waals surface area contributed by atoms with E-state index in [9.17, 15) is 38.0 Å². The molecule has 1 fully saturated rings. The molecule has 3 aromatic rings. The van der Waals surface area contributed by atoms with E-state index >= 15 is 0 Å². The number of benzene rings is 1. The van der Waals surface area contributed by atoms with Gasteiger partial charge in [-0.15, -0.1) is 11.3 Å². The Kier molecular flexibility index (Phi) is 6.63. The van der Waals surface area contributed by atoms with E-state index < -0.39 is 56.4 Å². The van der Waals surface area contributed by atoms with Gasteiger partial charge < -0.3 is 14.7 Å². The second-order valence-corrected chi connectivity index (χ2v) is 12.8. The zero-order chi connectivity index (χ0) is 29.3. The van der Waals surface area contributed by atoms with Gasteiger partial charge in [0.25, 0.3) is 5.69 Å². The number of β-lactam (4-membered cyclic amide) rings is 1. The zero-order valence-corrected chi connectivity index (χ0v) is 23.4. The minimum Gasteiger partial charge on any atom is -0.456 e. The maximum atomic E-state index is 13.5. The number of hydrogen-bond donors (Lipinski definition) is 1. The minimum absolute atomic E-state index is 0.0379. The molecule has 0 radical (unpaired) electrons. The van der Waals surface area contributed by atoms with E-state index in [0.29, 0.717) is 16.0 Å². The highest BCUT2D eigenvalue weighted by atomic mass is 32.2. The van der Waals surface area contributed by atoms with Gasteiger partial charge >= 0.3 is 5.97 Å². The van der Waals surface area contributed by atoms with Crippen LogP contribution in [-0.4, -0.2) is 68.8 Å². The normalized spacial score (nSPS) is 21.4. The molecule has 0 aliphatic carbocycles. The van der Waals surface area contributed by atoms with Crippen molar-refractivity contribution >= 4 is 54.9 Å². The summed E-state index contributed by atoms with van der Waals surface area (Å²) in [6, 6.07) is 4.92. The van der Waals surface area contributed by atoms with Crippen LogP contribution in [0.15, 0.2) is 41.2 Å². The van der Waals surface area contributed by atoms with Crippen molar-refractivity contribution in [2.24, 2.45) is 11.8 Å². The Hall–Kier alpha value is -3.95. The monoisotopic (exact) mass is 588 g/mol. The number of aliphatic hydroxyl groups excluding tert-OH is 1. The molecule has 0 bridgehead atoms. The van der Waals surface area contributed by atoms with Crippen LogP contribution in [0.2, 0.25) is 0 Å². The van der Waals surface area contributed by atoms with Gasteiger partial charge in [0.15, 0.2) is 26.5 Å². The molecule has 2 aliphatic heterocycles.